The molecule has 39 heteroatoms. The molecule has 1 aromatic heterocycles. The highest BCUT2D eigenvalue weighted by Gasteiger charge is 2.36. The molecule has 0 saturated heterocycles. The second kappa shape index (κ2) is 47.8. The zero-order valence-electron chi connectivity index (χ0n) is 60.8. The number of aliphatic hydroxyl groups excluding tert-OH is 6. The van der Waals surface area contributed by atoms with E-state index >= 15 is 0 Å². The van der Waals surface area contributed by atoms with Crippen molar-refractivity contribution in [1.29, 1.82) is 0 Å². The van der Waals surface area contributed by atoms with E-state index in [2.05, 4.69) is 26.0 Å². The number of carboxylic acid groups (broad SMARTS) is 2. The number of hydrogen-bond donors (Lipinski definition) is 15. The third-order valence-electron chi connectivity index (χ3n) is 16.9. The highest BCUT2D eigenvalue weighted by atomic mass is 32.9. The second-order valence-electron chi connectivity index (χ2n) is 23.8. The zero-order valence-corrected chi connectivity index (χ0v) is 64.0. The van der Waals surface area contributed by atoms with Crippen LogP contribution in [0.4, 0.5) is 9.59 Å². The van der Waals surface area contributed by atoms with Crippen molar-refractivity contribution in [3.05, 3.63) is 225 Å². The summed E-state index contributed by atoms with van der Waals surface area (Å²) in [6, 6.07) is 37.7. The third kappa shape index (κ3) is 30.0. The van der Waals surface area contributed by atoms with Gasteiger partial charge in [0.1, 0.15) is 25.4 Å². The highest BCUT2D eigenvalue weighted by molar-refractivity contribution is 7.80. The first kappa shape index (κ1) is 92.3. The van der Waals surface area contributed by atoms with Gasteiger partial charge >= 0.3 is 24.1 Å². The molecule has 2 amide bonds. The Labute approximate surface area is 654 Å². The van der Waals surface area contributed by atoms with Crippen LogP contribution in [0.2, 0.25) is 0 Å². The second-order valence-corrected chi connectivity index (χ2v) is 27.1. The molecule has 0 radical (unpaired) electrons. The van der Waals surface area contributed by atoms with Crippen LogP contribution in [0.15, 0.2) is 150 Å². The number of guanidine groups is 2. The fourth-order valence-corrected chi connectivity index (χ4v) is 13.2. The molecule has 4 atom stereocenters. The zero-order chi connectivity index (χ0) is 82.2. The number of hydrazone groups is 1. The first-order chi connectivity index (χ1) is 53.0. The van der Waals surface area contributed by atoms with Gasteiger partial charge in [-0.15, -0.1) is 0 Å². The van der Waals surface area contributed by atoms with E-state index in [0.717, 1.165) is 38.2 Å². The SMILES string of the molecule is CCC(COC(=O)c1cc(CO)c(CO)c(CO)c1)([NH2+]C)c1ccccc1.CCC(COC(=O)c1cc(CO)c(CO)c(CO)c1)([NH2+]C)c1ccccc1.NC(=NCCCC(NC(=O)Oc1ccc(-c2cc(=S)ss2)cc1)C(=O)[O-])N[N+](=O)[O-].NC(=S)c1ccc(OC(=O)NC(CCCN/C(N)=N/[N+](=O)[O-])C(=O)[O-])cc1. The van der Waals surface area contributed by atoms with Crippen molar-refractivity contribution in [2.75, 3.05) is 40.4 Å². The summed E-state index contributed by atoms with van der Waals surface area (Å²) in [6.07, 6.45) is -0.0842. The van der Waals surface area contributed by atoms with E-state index in [1.165, 1.54) is 57.1 Å². The highest BCUT2D eigenvalue weighted by Crippen LogP contribution is 2.31. The number of amides is 2. The average molecular weight is 1620 g/mol. The lowest BCUT2D eigenvalue weighted by Crippen LogP contribution is -2.92. The number of likely N-dealkylation sites (N-methyl/N-ethyl adjacent to an activating group) is 2. The maximum absolute atomic E-state index is 12.6. The minimum Gasteiger partial charge on any atom is -0.548 e. The van der Waals surface area contributed by atoms with Gasteiger partial charge in [-0.3, -0.25) is 0 Å². The smallest absolute Gasteiger partial charge is 0.413 e. The molecule has 0 bridgehead atoms. The van der Waals surface area contributed by atoms with Crippen LogP contribution >= 0.6 is 45.1 Å². The summed E-state index contributed by atoms with van der Waals surface area (Å²) in [7, 11) is 6.93. The van der Waals surface area contributed by atoms with Crippen LogP contribution in [0.1, 0.15) is 123 Å². The van der Waals surface area contributed by atoms with Crippen molar-refractivity contribution in [3.63, 3.8) is 0 Å². The Balaban J connectivity index is 0.000000313. The standard InChI is InChI=1S/2C21H27NO5.C16H17N5O6S3.C14H18N6O6S/c2*1-3-21(22-2,18-7-5-4-6-8-18)14-27-20(26)15-9-16(11-23)19(13-25)17(10-15)12-24;17-15(20-21(25)26)18-7-1-2-11(14(22)23)19-16(24)27-10-5-3-9(4-6-10)12-8-13(28)30-29-12;15-11(27)8-3-5-9(6-4-8)26-14(23)18-10(12(21)22)2-1-7-17-13(16)19-20(24)25/h2*4-10,22-25H,3,11-14H2,1-2H3;3-6,8,11H,1-2,7H2,(H,19,24)(H,22,23)(H3,17,18,20);3-6,10H,1-2,7H2,(H2,15,27)(H,18,23)(H,21,22)(H3,16,17,19). The number of aliphatic carboxylic acids is 2. The molecule has 0 spiro atoms. The number of rotatable bonds is 36. The number of carbonyl (C=O) groups excluding carboxylic acids is 6. The van der Waals surface area contributed by atoms with Crippen LogP contribution in [0.25, 0.3) is 10.4 Å². The van der Waals surface area contributed by atoms with E-state index in [9.17, 15) is 89.8 Å². The minimum absolute atomic E-state index is 0.0181. The van der Waals surface area contributed by atoms with Gasteiger partial charge in [0.25, 0.3) is 11.9 Å². The number of nitrogens with zero attached hydrogens (tertiary/aromatic N) is 4. The van der Waals surface area contributed by atoms with Crippen LogP contribution in [0.3, 0.4) is 0 Å². The van der Waals surface area contributed by atoms with E-state index < -0.39 is 70.1 Å². The quantitative estimate of drug-likeness (QED) is 0.00385. The fourth-order valence-electron chi connectivity index (χ4n) is 10.7. The number of esters is 2. The summed E-state index contributed by atoms with van der Waals surface area (Å²) in [6.45, 7) is 2.60. The summed E-state index contributed by atoms with van der Waals surface area (Å²) in [5.74, 6) is -4.50. The lowest BCUT2D eigenvalue weighted by molar-refractivity contribution is -0.715. The van der Waals surface area contributed by atoms with Crippen molar-refractivity contribution in [2.45, 2.75) is 115 Å². The van der Waals surface area contributed by atoms with Crippen LogP contribution in [0, 0.1) is 24.1 Å². The van der Waals surface area contributed by atoms with Crippen LogP contribution < -0.4 is 68.9 Å². The molecular formula is C72H89N13O22S4. The van der Waals surface area contributed by atoms with E-state index in [-0.39, 0.29) is 130 Å². The van der Waals surface area contributed by atoms with Crippen molar-refractivity contribution >= 4 is 98.1 Å². The van der Waals surface area contributed by atoms with Gasteiger partial charge in [0, 0.05) is 47.5 Å². The Kier molecular flexibility index (Phi) is 39.7. The van der Waals surface area contributed by atoms with Crippen molar-refractivity contribution in [1.82, 2.24) is 21.4 Å². The topological polar surface area (TPSA) is 577 Å². The summed E-state index contributed by atoms with van der Waals surface area (Å²) < 4.78 is 22.0. The van der Waals surface area contributed by atoms with E-state index in [0.29, 0.717) is 38.9 Å². The van der Waals surface area contributed by atoms with Crippen molar-refractivity contribution in [2.24, 2.45) is 27.3 Å². The van der Waals surface area contributed by atoms with Gasteiger partial charge in [-0.25, -0.2) is 44.4 Å². The van der Waals surface area contributed by atoms with Gasteiger partial charge in [0.05, 0.1) is 88.9 Å². The monoisotopic (exact) mass is 1620 g/mol. The number of hydrazine groups is 1. The molecule has 111 heavy (non-hydrogen) atoms. The first-order valence-electron chi connectivity index (χ1n) is 34.0. The maximum Gasteiger partial charge on any atom is 0.413 e. The van der Waals surface area contributed by atoms with Gasteiger partial charge in [0.15, 0.2) is 34.4 Å². The number of nitro groups is 2. The largest absolute Gasteiger partial charge is 0.548 e. The predicted octanol–water partition coefficient (Wildman–Crippen LogP) is 1.33. The lowest BCUT2D eigenvalue weighted by Gasteiger charge is -2.29. The number of hydrogen-bond acceptors (Lipinski definition) is 27. The van der Waals surface area contributed by atoms with Gasteiger partial charge in [0.2, 0.25) is 0 Å². The molecule has 0 aliphatic carbocycles. The molecule has 20 N–H and O–H groups in total. The Hall–Kier alpha value is -11.1. The molecule has 7 rings (SSSR count). The molecule has 0 aliphatic heterocycles. The lowest BCUT2D eigenvalue weighted by atomic mass is 9.88. The molecule has 35 nitrogen and oxygen atoms in total. The number of quaternary nitrogens is 2. The number of thiocarbonyl (C=S) groups is 1. The molecule has 0 fully saturated rings. The molecule has 7 aromatic rings. The van der Waals surface area contributed by atoms with Crippen LogP contribution in [-0.2, 0) is 69.8 Å². The van der Waals surface area contributed by atoms with E-state index in [1.807, 2.05) is 105 Å². The Morgan fingerprint density at radius 3 is 1.33 bits per heavy atom. The van der Waals surface area contributed by atoms with Crippen molar-refractivity contribution in [3.8, 4) is 21.9 Å². The number of ether oxygens (including phenoxy) is 4. The van der Waals surface area contributed by atoms with Crippen molar-refractivity contribution < 1.29 is 109 Å². The van der Waals surface area contributed by atoms with Gasteiger partial charge in [-0.1, -0.05) is 125 Å². The van der Waals surface area contributed by atoms with Gasteiger partial charge < -0.3 is 113 Å². The van der Waals surface area contributed by atoms with E-state index in [4.69, 9.17) is 60.6 Å². The number of aliphatic hydroxyl groups is 6. The molecule has 598 valence electrons. The summed E-state index contributed by atoms with van der Waals surface area (Å²) >= 11 is 9.90. The van der Waals surface area contributed by atoms with E-state index in [1.54, 1.807) is 41.8 Å². The molecule has 0 saturated carbocycles. The molecule has 6 aromatic carbocycles. The minimum atomic E-state index is -1.51. The summed E-state index contributed by atoms with van der Waals surface area (Å²) in [5.41, 5.74) is 23.4. The number of nitrogens with one attached hydrogen (secondary N) is 4. The maximum atomic E-state index is 12.6. The van der Waals surface area contributed by atoms with Gasteiger partial charge in [-0.05, 0) is 143 Å². The predicted molar refractivity (Wildman–Crippen MR) is 410 cm³/mol. The number of nitrogens with two attached hydrogens (primary N) is 5. The normalized spacial score (nSPS) is 12.6. The molecule has 4 unspecified atom stereocenters. The average Bonchev–Trinajstić information content (AvgIpc) is 1.35. The van der Waals surface area contributed by atoms with Crippen LogP contribution in [-0.4, -0.2) is 146 Å². The Morgan fingerprint density at radius 1 is 0.577 bits per heavy atom. The van der Waals surface area contributed by atoms with Gasteiger partial charge in [-0.2, -0.15) is 0 Å². The summed E-state index contributed by atoms with van der Waals surface area (Å²) in [4.78, 5) is 96.5. The number of benzene rings is 6. The third-order valence-corrected chi connectivity index (χ3v) is 20.1. The Bertz CT molecular complexity index is 4160. The molecule has 0 aliphatic rings. The number of aliphatic imine (C=N–C) groups is 1. The fraction of sp³-hybridized carbons (Fsp3) is 0.333. The summed E-state index contributed by atoms with van der Waals surface area (Å²) in [5, 5.41) is 111. The number of carboxylic acids is 2. The van der Waals surface area contributed by atoms with Crippen LogP contribution in [0.5, 0.6) is 11.5 Å². The Morgan fingerprint density at radius 2 is 0.991 bits per heavy atom. The molecular weight excluding hydrogens is 1530 g/mol. The number of carbonyl (C=O) groups is 6. The first-order valence-corrected chi connectivity index (χ1v) is 36.9. The molecule has 1 heterocycles.